The molecule has 0 aliphatic heterocycles. The SMILES string of the molecule is O=c1c(Nc2ccccc2)coc2ccccc12. The maximum Gasteiger partial charge on any atom is 0.216 e. The van der Waals surface area contributed by atoms with Crippen molar-refractivity contribution in [2.24, 2.45) is 0 Å². The van der Waals surface area contributed by atoms with Gasteiger partial charge in [-0.3, -0.25) is 4.79 Å². The van der Waals surface area contributed by atoms with E-state index in [1.54, 1.807) is 12.1 Å². The van der Waals surface area contributed by atoms with E-state index >= 15 is 0 Å². The second-order valence-electron chi connectivity index (χ2n) is 3.97. The van der Waals surface area contributed by atoms with Gasteiger partial charge in [0.05, 0.1) is 5.39 Å². The van der Waals surface area contributed by atoms with Crippen LogP contribution in [0.15, 0.2) is 70.1 Å². The summed E-state index contributed by atoms with van der Waals surface area (Å²) < 4.78 is 5.43. The van der Waals surface area contributed by atoms with Crippen LogP contribution in [0.3, 0.4) is 0 Å². The lowest BCUT2D eigenvalue weighted by molar-refractivity contribution is 0.605. The van der Waals surface area contributed by atoms with Gasteiger partial charge in [0.1, 0.15) is 17.5 Å². The van der Waals surface area contributed by atoms with Crippen molar-refractivity contribution in [1.29, 1.82) is 0 Å². The van der Waals surface area contributed by atoms with Crippen LogP contribution >= 0.6 is 0 Å². The fraction of sp³-hybridized carbons (Fsp3) is 0. The third kappa shape index (κ3) is 1.86. The first-order chi connectivity index (χ1) is 8.84. The molecule has 0 bridgehead atoms. The van der Waals surface area contributed by atoms with E-state index in [4.69, 9.17) is 4.42 Å². The topological polar surface area (TPSA) is 42.2 Å². The largest absolute Gasteiger partial charge is 0.462 e. The summed E-state index contributed by atoms with van der Waals surface area (Å²) in [7, 11) is 0. The van der Waals surface area contributed by atoms with Gasteiger partial charge in [-0.05, 0) is 24.3 Å². The van der Waals surface area contributed by atoms with Gasteiger partial charge in [-0.15, -0.1) is 0 Å². The summed E-state index contributed by atoms with van der Waals surface area (Å²) >= 11 is 0. The summed E-state index contributed by atoms with van der Waals surface area (Å²) in [5.74, 6) is 0. The molecule has 0 aliphatic carbocycles. The van der Waals surface area contributed by atoms with Crippen LogP contribution < -0.4 is 10.7 Å². The van der Waals surface area contributed by atoms with E-state index in [1.807, 2.05) is 42.5 Å². The molecule has 3 aromatic rings. The van der Waals surface area contributed by atoms with Crippen LogP contribution in [0.4, 0.5) is 11.4 Å². The maximum atomic E-state index is 12.2. The molecule has 0 radical (unpaired) electrons. The Hall–Kier alpha value is -2.55. The van der Waals surface area contributed by atoms with Crippen molar-refractivity contribution in [2.75, 3.05) is 5.32 Å². The first-order valence-electron chi connectivity index (χ1n) is 5.67. The van der Waals surface area contributed by atoms with Crippen molar-refractivity contribution in [2.45, 2.75) is 0 Å². The molecule has 1 heterocycles. The molecular weight excluding hydrogens is 226 g/mol. The summed E-state index contributed by atoms with van der Waals surface area (Å²) in [6, 6.07) is 16.7. The van der Waals surface area contributed by atoms with Crippen LogP contribution in [0.5, 0.6) is 0 Å². The molecule has 18 heavy (non-hydrogen) atoms. The number of nitrogens with one attached hydrogen (secondary N) is 1. The second-order valence-corrected chi connectivity index (χ2v) is 3.97. The van der Waals surface area contributed by atoms with Crippen LogP contribution in [0.2, 0.25) is 0 Å². The zero-order valence-corrected chi connectivity index (χ0v) is 9.59. The molecule has 3 rings (SSSR count). The summed E-state index contributed by atoms with van der Waals surface area (Å²) in [6.07, 6.45) is 1.46. The Kier molecular flexibility index (Phi) is 2.57. The van der Waals surface area contributed by atoms with Crippen LogP contribution in [0, 0.1) is 0 Å². The van der Waals surface area contributed by atoms with Gasteiger partial charge in [-0.25, -0.2) is 0 Å². The number of anilines is 2. The van der Waals surface area contributed by atoms with Gasteiger partial charge in [0.15, 0.2) is 0 Å². The fourth-order valence-corrected chi connectivity index (χ4v) is 1.84. The molecule has 3 heteroatoms. The van der Waals surface area contributed by atoms with Gasteiger partial charge in [-0.2, -0.15) is 0 Å². The number of rotatable bonds is 2. The number of hydrogen-bond donors (Lipinski definition) is 1. The van der Waals surface area contributed by atoms with Crippen LogP contribution in [0.1, 0.15) is 0 Å². The first-order valence-corrected chi connectivity index (χ1v) is 5.67. The summed E-state index contributed by atoms with van der Waals surface area (Å²) in [6.45, 7) is 0. The van der Waals surface area contributed by atoms with Gasteiger partial charge in [0.25, 0.3) is 0 Å². The number of fused-ring (bicyclic) bond motifs is 1. The molecule has 0 fully saturated rings. The second kappa shape index (κ2) is 4.37. The summed E-state index contributed by atoms with van der Waals surface area (Å²) in [5, 5.41) is 3.64. The van der Waals surface area contributed by atoms with Crippen molar-refractivity contribution in [1.82, 2.24) is 0 Å². The Labute approximate surface area is 104 Å². The van der Waals surface area contributed by atoms with Gasteiger partial charge < -0.3 is 9.73 Å². The molecule has 0 saturated heterocycles. The minimum absolute atomic E-state index is 0.0549. The Morgan fingerprint density at radius 1 is 0.889 bits per heavy atom. The third-order valence-corrected chi connectivity index (χ3v) is 2.73. The molecule has 0 aliphatic rings. The smallest absolute Gasteiger partial charge is 0.216 e. The Balaban J connectivity index is 2.08. The van der Waals surface area contributed by atoms with E-state index in [-0.39, 0.29) is 5.43 Å². The summed E-state index contributed by atoms with van der Waals surface area (Å²) in [4.78, 5) is 12.2. The molecule has 3 nitrogen and oxygen atoms in total. The molecule has 0 saturated carbocycles. The molecule has 1 N–H and O–H groups in total. The van der Waals surface area contributed by atoms with Gasteiger partial charge in [0, 0.05) is 5.69 Å². The lowest BCUT2D eigenvalue weighted by Gasteiger charge is -2.05. The highest BCUT2D eigenvalue weighted by Crippen LogP contribution is 2.16. The van der Waals surface area contributed by atoms with Crippen LogP contribution in [-0.4, -0.2) is 0 Å². The van der Waals surface area contributed by atoms with Crippen molar-refractivity contribution >= 4 is 22.3 Å². The van der Waals surface area contributed by atoms with E-state index in [2.05, 4.69) is 5.32 Å². The molecular formula is C15H11NO2. The average molecular weight is 237 g/mol. The van der Waals surface area contributed by atoms with Crippen molar-refractivity contribution in [3.8, 4) is 0 Å². The zero-order chi connectivity index (χ0) is 12.4. The fourth-order valence-electron chi connectivity index (χ4n) is 1.84. The molecule has 0 amide bonds. The lowest BCUT2D eigenvalue weighted by Crippen LogP contribution is -2.07. The van der Waals surface area contributed by atoms with Crippen LogP contribution in [-0.2, 0) is 0 Å². The minimum Gasteiger partial charge on any atom is -0.462 e. The van der Waals surface area contributed by atoms with E-state index in [1.165, 1.54) is 6.26 Å². The highest BCUT2D eigenvalue weighted by Gasteiger charge is 2.05. The minimum atomic E-state index is -0.0549. The van der Waals surface area contributed by atoms with Gasteiger partial charge >= 0.3 is 0 Å². The quantitative estimate of drug-likeness (QED) is 0.741. The highest BCUT2D eigenvalue weighted by atomic mass is 16.3. The monoisotopic (exact) mass is 237 g/mol. The van der Waals surface area contributed by atoms with E-state index < -0.39 is 0 Å². The van der Waals surface area contributed by atoms with E-state index in [0.717, 1.165) is 5.69 Å². The van der Waals surface area contributed by atoms with Crippen molar-refractivity contribution in [3.63, 3.8) is 0 Å². The lowest BCUT2D eigenvalue weighted by atomic mass is 10.2. The first kappa shape index (κ1) is 10.6. The molecule has 0 atom stereocenters. The van der Waals surface area contributed by atoms with E-state index in [0.29, 0.717) is 16.7 Å². The predicted octanol–water partition coefficient (Wildman–Crippen LogP) is 3.54. The molecule has 0 unspecified atom stereocenters. The number of hydrogen-bond acceptors (Lipinski definition) is 3. The zero-order valence-electron chi connectivity index (χ0n) is 9.59. The maximum absolute atomic E-state index is 12.2. The Bertz CT molecular complexity index is 732. The molecule has 2 aromatic carbocycles. The van der Waals surface area contributed by atoms with Crippen molar-refractivity contribution in [3.05, 3.63) is 71.1 Å². The van der Waals surface area contributed by atoms with Crippen LogP contribution in [0.25, 0.3) is 11.0 Å². The Morgan fingerprint density at radius 2 is 1.61 bits per heavy atom. The highest BCUT2D eigenvalue weighted by molar-refractivity contribution is 5.80. The molecule has 1 aromatic heterocycles. The normalized spacial score (nSPS) is 10.4. The predicted molar refractivity (Wildman–Crippen MR) is 72.2 cm³/mol. The standard InChI is InChI=1S/C15H11NO2/c17-15-12-8-4-5-9-14(12)18-10-13(15)16-11-6-2-1-3-7-11/h1-10,16H. The number of para-hydroxylation sites is 2. The third-order valence-electron chi connectivity index (χ3n) is 2.73. The number of benzene rings is 2. The summed E-state index contributed by atoms with van der Waals surface area (Å²) in [5.41, 5.74) is 1.85. The van der Waals surface area contributed by atoms with Crippen molar-refractivity contribution < 1.29 is 4.42 Å². The average Bonchev–Trinajstić information content (AvgIpc) is 2.43. The van der Waals surface area contributed by atoms with Gasteiger partial charge in [-0.1, -0.05) is 30.3 Å². The van der Waals surface area contributed by atoms with Gasteiger partial charge in [0.2, 0.25) is 5.43 Å². The molecule has 0 spiro atoms. The molecule has 88 valence electrons. The van der Waals surface area contributed by atoms with E-state index in [9.17, 15) is 4.79 Å². The Morgan fingerprint density at radius 3 is 2.44 bits per heavy atom.